The molecule has 0 amide bonds. The van der Waals surface area contributed by atoms with E-state index in [1.807, 2.05) is 6.92 Å². The van der Waals surface area contributed by atoms with Crippen LogP contribution in [0.4, 0.5) is 10.1 Å². The van der Waals surface area contributed by atoms with Crippen molar-refractivity contribution in [3.05, 3.63) is 58.4 Å². The molecule has 0 spiro atoms. The first-order valence-electron chi connectivity index (χ1n) is 6.75. The fourth-order valence-corrected chi connectivity index (χ4v) is 3.68. The lowest BCUT2D eigenvalue weighted by Crippen LogP contribution is -2.17. The van der Waals surface area contributed by atoms with Crippen molar-refractivity contribution in [3.63, 3.8) is 0 Å². The van der Waals surface area contributed by atoms with Crippen LogP contribution in [0.2, 0.25) is 0 Å². The van der Waals surface area contributed by atoms with E-state index in [2.05, 4.69) is 4.72 Å². The van der Waals surface area contributed by atoms with E-state index >= 15 is 0 Å². The molecule has 0 aliphatic carbocycles. The maximum Gasteiger partial charge on any atom is 0.335 e. The smallest absolute Gasteiger partial charge is 0.335 e. The number of hydrogen-bond acceptors (Lipinski definition) is 3. The Labute approximate surface area is 133 Å². The van der Waals surface area contributed by atoms with Gasteiger partial charge in [-0.05, 0) is 50.1 Å². The Bertz CT molecular complexity index is 868. The van der Waals surface area contributed by atoms with Crippen molar-refractivity contribution in [2.45, 2.75) is 25.7 Å². The van der Waals surface area contributed by atoms with Crippen molar-refractivity contribution in [2.24, 2.45) is 0 Å². The summed E-state index contributed by atoms with van der Waals surface area (Å²) in [6, 6.07) is 6.24. The van der Waals surface area contributed by atoms with Crippen LogP contribution >= 0.6 is 0 Å². The molecule has 2 rings (SSSR count). The van der Waals surface area contributed by atoms with E-state index in [0.29, 0.717) is 16.8 Å². The predicted molar refractivity (Wildman–Crippen MR) is 84.8 cm³/mol. The molecule has 7 heteroatoms. The number of aromatic carboxylic acids is 1. The van der Waals surface area contributed by atoms with Crippen molar-refractivity contribution in [2.75, 3.05) is 4.72 Å². The van der Waals surface area contributed by atoms with Crippen molar-refractivity contribution >= 4 is 21.7 Å². The van der Waals surface area contributed by atoms with Crippen molar-refractivity contribution in [1.82, 2.24) is 0 Å². The number of nitrogens with one attached hydrogen (secondary N) is 1. The van der Waals surface area contributed by atoms with Crippen LogP contribution in [-0.2, 0) is 10.0 Å². The Morgan fingerprint density at radius 2 is 1.65 bits per heavy atom. The van der Waals surface area contributed by atoms with Crippen LogP contribution in [0.5, 0.6) is 0 Å². The number of carbonyl (C=O) groups is 1. The predicted octanol–water partition coefficient (Wildman–Crippen LogP) is 3.25. The third-order valence-electron chi connectivity index (χ3n) is 3.38. The first kappa shape index (κ1) is 17.0. The zero-order chi connectivity index (χ0) is 17.4. The largest absolute Gasteiger partial charge is 0.478 e. The van der Waals surface area contributed by atoms with Gasteiger partial charge in [-0.2, -0.15) is 0 Å². The molecular formula is C16H16FNO4S. The normalized spacial score (nSPS) is 11.3. The minimum absolute atomic E-state index is 0.302. The van der Waals surface area contributed by atoms with E-state index in [9.17, 15) is 17.6 Å². The lowest BCUT2D eigenvalue weighted by molar-refractivity contribution is 0.0696. The van der Waals surface area contributed by atoms with Gasteiger partial charge in [0.1, 0.15) is 10.7 Å². The molecular weight excluding hydrogens is 321 g/mol. The van der Waals surface area contributed by atoms with Crippen LogP contribution in [0.25, 0.3) is 0 Å². The van der Waals surface area contributed by atoms with E-state index in [4.69, 9.17) is 5.11 Å². The number of hydrogen-bond donors (Lipinski definition) is 2. The molecule has 0 fully saturated rings. The molecule has 23 heavy (non-hydrogen) atoms. The van der Waals surface area contributed by atoms with E-state index in [1.165, 1.54) is 0 Å². The number of benzene rings is 2. The Kier molecular flexibility index (Phi) is 4.42. The van der Waals surface area contributed by atoms with Gasteiger partial charge in [-0.15, -0.1) is 0 Å². The summed E-state index contributed by atoms with van der Waals surface area (Å²) in [5.41, 5.74) is 2.42. The van der Waals surface area contributed by atoms with E-state index in [1.54, 1.807) is 26.0 Å². The maximum absolute atomic E-state index is 13.9. The fraction of sp³-hybridized carbons (Fsp3) is 0.188. The maximum atomic E-state index is 13.9. The van der Waals surface area contributed by atoms with Crippen LogP contribution in [0.3, 0.4) is 0 Å². The number of aryl methyl sites for hydroxylation is 3. The zero-order valence-electron chi connectivity index (χ0n) is 12.8. The third kappa shape index (κ3) is 3.50. The van der Waals surface area contributed by atoms with E-state index in [0.717, 1.165) is 23.8 Å². The molecule has 0 saturated heterocycles. The summed E-state index contributed by atoms with van der Waals surface area (Å²) in [7, 11) is -4.25. The highest BCUT2D eigenvalue weighted by Crippen LogP contribution is 2.26. The molecule has 0 heterocycles. The molecule has 0 radical (unpaired) electrons. The van der Waals surface area contributed by atoms with Gasteiger partial charge in [0.25, 0.3) is 10.0 Å². The van der Waals surface area contributed by atoms with Crippen LogP contribution in [-0.4, -0.2) is 19.5 Å². The summed E-state index contributed by atoms with van der Waals surface area (Å²) in [5.74, 6) is -2.34. The van der Waals surface area contributed by atoms with Gasteiger partial charge >= 0.3 is 5.97 Å². The van der Waals surface area contributed by atoms with Crippen LogP contribution in [0.1, 0.15) is 27.0 Å². The Morgan fingerprint density at radius 3 is 2.17 bits per heavy atom. The Balaban J connectivity index is 2.52. The van der Waals surface area contributed by atoms with Gasteiger partial charge in [-0.25, -0.2) is 17.6 Å². The average molecular weight is 337 g/mol. The second kappa shape index (κ2) is 6.00. The third-order valence-corrected chi connectivity index (χ3v) is 4.75. The lowest BCUT2D eigenvalue weighted by Gasteiger charge is -2.15. The molecule has 2 aromatic carbocycles. The summed E-state index contributed by atoms with van der Waals surface area (Å²) in [6.45, 7) is 5.36. The van der Waals surface area contributed by atoms with Crippen LogP contribution in [0.15, 0.2) is 35.2 Å². The SMILES string of the molecule is Cc1cc(C)c(NS(=O)(=O)c2cc(C(=O)O)ccc2F)c(C)c1. The quantitative estimate of drug-likeness (QED) is 0.897. The standard InChI is InChI=1S/C16H16FNO4S/c1-9-6-10(2)15(11(3)7-9)18-23(21,22)14-8-12(16(19)20)4-5-13(14)17/h4-8,18H,1-3H3,(H,19,20). The van der Waals surface area contributed by atoms with E-state index < -0.39 is 26.7 Å². The Morgan fingerprint density at radius 1 is 1.09 bits per heavy atom. The van der Waals surface area contributed by atoms with Crippen molar-refractivity contribution < 1.29 is 22.7 Å². The van der Waals surface area contributed by atoms with Crippen molar-refractivity contribution in [3.8, 4) is 0 Å². The molecule has 0 aliphatic heterocycles. The van der Waals surface area contributed by atoms with Gasteiger partial charge < -0.3 is 5.11 Å². The van der Waals surface area contributed by atoms with Gasteiger partial charge in [0.15, 0.2) is 0 Å². The highest BCUT2D eigenvalue weighted by atomic mass is 32.2. The molecule has 122 valence electrons. The van der Waals surface area contributed by atoms with Crippen molar-refractivity contribution in [1.29, 1.82) is 0 Å². The molecule has 0 unspecified atom stereocenters. The molecule has 0 aromatic heterocycles. The summed E-state index contributed by atoms with van der Waals surface area (Å²) in [6.07, 6.45) is 0. The highest BCUT2D eigenvalue weighted by Gasteiger charge is 2.22. The van der Waals surface area contributed by atoms with Crippen LogP contribution in [0, 0.1) is 26.6 Å². The van der Waals surface area contributed by atoms with Gasteiger partial charge in [0, 0.05) is 0 Å². The molecule has 0 saturated carbocycles. The Hall–Kier alpha value is -2.41. The lowest BCUT2D eigenvalue weighted by atomic mass is 10.1. The molecule has 0 atom stereocenters. The van der Waals surface area contributed by atoms with E-state index in [-0.39, 0.29) is 5.56 Å². The number of carboxylic acids is 1. The number of sulfonamides is 1. The fourth-order valence-electron chi connectivity index (χ4n) is 2.37. The second-order valence-corrected chi connectivity index (χ2v) is 6.98. The van der Waals surface area contributed by atoms with Gasteiger partial charge in [0.05, 0.1) is 11.3 Å². The zero-order valence-corrected chi connectivity index (χ0v) is 13.7. The second-order valence-electron chi connectivity index (χ2n) is 5.33. The summed E-state index contributed by atoms with van der Waals surface area (Å²) in [5, 5.41) is 8.94. The summed E-state index contributed by atoms with van der Waals surface area (Å²) in [4.78, 5) is 10.3. The van der Waals surface area contributed by atoms with Crippen LogP contribution < -0.4 is 4.72 Å². The first-order valence-corrected chi connectivity index (χ1v) is 8.23. The van der Waals surface area contributed by atoms with Gasteiger partial charge in [0.2, 0.25) is 0 Å². The number of halogens is 1. The first-order chi connectivity index (χ1) is 10.6. The highest BCUT2D eigenvalue weighted by molar-refractivity contribution is 7.92. The average Bonchev–Trinajstić information content (AvgIpc) is 2.42. The number of rotatable bonds is 4. The molecule has 5 nitrogen and oxygen atoms in total. The summed E-state index contributed by atoms with van der Waals surface area (Å²) >= 11 is 0. The monoisotopic (exact) mass is 337 g/mol. The molecule has 2 aromatic rings. The number of anilines is 1. The topological polar surface area (TPSA) is 83.5 Å². The molecule has 0 bridgehead atoms. The van der Waals surface area contributed by atoms with Gasteiger partial charge in [-0.3, -0.25) is 4.72 Å². The number of carboxylic acid groups (broad SMARTS) is 1. The minimum atomic E-state index is -4.25. The molecule has 2 N–H and O–H groups in total. The molecule has 0 aliphatic rings. The summed E-state index contributed by atoms with van der Waals surface area (Å²) < 4.78 is 41.1. The van der Waals surface area contributed by atoms with Gasteiger partial charge in [-0.1, -0.05) is 17.7 Å². The minimum Gasteiger partial charge on any atom is -0.478 e.